The van der Waals surface area contributed by atoms with E-state index in [1.165, 1.54) is 12.1 Å². The molecule has 0 heterocycles. The van der Waals surface area contributed by atoms with Crippen LogP contribution in [0.3, 0.4) is 0 Å². The Balaban J connectivity index is 3.04. The van der Waals surface area contributed by atoms with E-state index in [2.05, 4.69) is 10.2 Å². The lowest BCUT2D eigenvalue weighted by Gasteiger charge is -2.03. The minimum atomic E-state index is -3.56. The van der Waals surface area contributed by atoms with Crippen LogP contribution in [0.25, 0.3) is 0 Å². The van der Waals surface area contributed by atoms with Crippen molar-refractivity contribution in [2.75, 3.05) is 6.26 Å². The van der Waals surface area contributed by atoms with Crippen molar-refractivity contribution in [2.45, 2.75) is 0 Å². The fraction of sp³-hybridized carbons (Fsp3) is 0.143. The zero-order valence-corrected chi connectivity index (χ0v) is 8.87. The Morgan fingerprint density at radius 2 is 2.00 bits per heavy atom. The van der Waals surface area contributed by atoms with E-state index in [1.807, 2.05) is 0 Å². The molecule has 0 saturated carbocycles. The molecule has 0 bridgehead atoms. The molecule has 0 aliphatic carbocycles. The molecule has 0 aliphatic rings. The Hall–Kier alpha value is -0.450. The van der Waals surface area contributed by atoms with Gasteiger partial charge in [-0.25, -0.2) is 0 Å². The van der Waals surface area contributed by atoms with Crippen molar-refractivity contribution >= 4 is 33.3 Å². The average Bonchev–Trinajstić information content (AvgIpc) is 1.93. The molecule has 1 aromatic rings. The largest absolute Gasteiger partial charge is 0.381 e. The molecule has 3 nitrogen and oxygen atoms in total. The topological polar surface area (TPSA) is 43.4 Å². The SMILES string of the molecule is CS(=O)(=O)Oc1ccc(Cl)[c]c1Cl. The summed E-state index contributed by atoms with van der Waals surface area (Å²) in [5, 5.41) is 0.337. The van der Waals surface area contributed by atoms with E-state index in [-0.39, 0.29) is 10.8 Å². The maximum Gasteiger partial charge on any atom is 0.306 e. The molecule has 1 rings (SSSR count). The zero-order valence-electron chi connectivity index (χ0n) is 6.54. The highest BCUT2D eigenvalue weighted by Crippen LogP contribution is 2.27. The number of rotatable bonds is 2. The Morgan fingerprint density at radius 3 is 2.46 bits per heavy atom. The van der Waals surface area contributed by atoms with E-state index < -0.39 is 10.1 Å². The third-order valence-corrected chi connectivity index (χ3v) is 2.05. The summed E-state index contributed by atoms with van der Waals surface area (Å²) in [6.45, 7) is 0. The van der Waals surface area contributed by atoms with Crippen molar-refractivity contribution in [3.8, 4) is 5.75 Å². The summed E-state index contributed by atoms with van der Waals surface area (Å²) in [7, 11) is -3.56. The summed E-state index contributed by atoms with van der Waals surface area (Å²) < 4.78 is 26.0. The van der Waals surface area contributed by atoms with Gasteiger partial charge in [-0.05, 0) is 12.1 Å². The molecule has 0 atom stereocenters. The summed E-state index contributed by atoms with van der Waals surface area (Å²) in [5.74, 6) is 0.0218. The fourth-order valence-electron chi connectivity index (χ4n) is 0.658. The number of hydrogen-bond acceptors (Lipinski definition) is 3. The van der Waals surface area contributed by atoms with Gasteiger partial charge >= 0.3 is 10.1 Å². The van der Waals surface area contributed by atoms with Crippen LogP contribution in [0.15, 0.2) is 12.1 Å². The quantitative estimate of drug-likeness (QED) is 0.743. The molecule has 0 amide bonds. The first-order chi connectivity index (χ1) is 5.88. The minimum absolute atomic E-state index is 0.0218. The number of hydrogen-bond donors (Lipinski definition) is 0. The van der Waals surface area contributed by atoms with Crippen LogP contribution in [0.1, 0.15) is 0 Å². The van der Waals surface area contributed by atoms with Crippen molar-refractivity contribution in [3.05, 3.63) is 28.2 Å². The van der Waals surface area contributed by atoms with Crippen LogP contribution in [0.2, 0.25) is 10.0 Å². The highest BCUT2D eigenvalue weighted by molar-refractivity contribution is 7.86. The second-order valence-corrected chi connectivity index (χ2v) is 4.63. The summed E-state index contributed by atoms with van der Waals surface area (Å²) >= 11 is 11.1. The van der Waals surface area contributed by atoms with Gasteiger partial charge < -0.3 is 4.18 Å². The van der Waals surface area contributed by atoms with Gasteiger partial charge in [-0.3, -0.25) is 0 Å². The molecule has 1 radical (unpaired) electrons. The summed E-state index contributed by atoms with van der Waals surface area (Å²) in [6, 6.07) is 5.30. The fourth-order valence-corrected chi connectivity index (χ4v) is 1.58. The molecular weight excluding hydrogens is 235 g/mol. The molecule has 0 unspecified atom stereocenters. The van der Waals surface area contributed by atoms with Crippen molar-refractivity contribution in [3.63, 3.8) is 0 Å². The van der Waals surface area contributed by atoms with Gasteiger partial charge in [0.2, 0.25) is 0 Å². The van der Waals surface area contributed by atoms with Crippen LogP contribution in [-0.2, 0) is 10.1 Å². The Labute approximate surface area is 86.4 Å². The van der Waals surface area contributed by atoms with Gasteiger partial charge in [0.1, 0.15) is 0 Å². The lowest BCUT2D eigenvalue weighted by molar-refractivity contribution is 0.493. The molecule has 0 aliphatic heterocycles. The third kappa shape index (κ3) is 3.42. The van der Waals surface area contributed by atoms with Gasteiger partial charge in [0.25, 0.3) is 0 Å². The van der Waals surface area contributed by atoms with E-state index in [0.29, 0.717) is 5.02 Å². The van der Waals surface area contributed by atoms with Gasteiger partial charge in [0.15, 0.2) is 5.75 Å². The van der Waals surface area contributed by atoms with Crippen LogP contribution in [0.4, 0.5) is 0 Å². The number of halogens is 2. The molecule has 1 aromatic carbocycles. The van der Waals surface area contributed by atoms with Gasteiger partial charge in [-0.2, -0.15) is 8.42 Å². The van der Waals surface area contributed by atoms with Crippen molar-refractivity contribution in [1.29, 1.82) is 0 Å². The van der Waals surface area contributed by atoms with E-state index in [0.717, 1.165) is 6.26 Å². The molecule has 0 spiro atoms. The summed E-state index contributed by atoms with van der Waals surface area (Å²) in [5.41, 5.74) is 0. The second-order valence-electron chi connectivity index (χ2n) is 2.27. The summed E-state index contributed by atoms with van der Waals surface area (Å²) in [4.78, 5) is 0. The molecule has 71 valence electrons. The molecule has 0 aromatic heterocycles. The van der Waals surface area contributed by atoms with Crippen LogP contribution in [0, 0.1) is 6.07 Å². The van der Waals surface area contributed by atoms with Crippen LogP contribution < -0.4 is 4.18 Å². The van der Waals surface area contributed by atoms with E-state index >= 15 is 0 Å². The molecular formula is C7H5Cl2O3S. The maximum absolute atomic E-state index is 10.7. The highest BCUT2D eigenvalue weighted by Gasteiger charge is 2.08. The monoisotopic (exact) mass is 239 g/mol. The normalized spacial score (nSPS) is 11.3. The molecule has 0 saturated heterocycles. The van der Waals surface area contributed by atoms with Crippen LogP contribution in [0.5, 0.6) is 5.75 Å². The molecule has 0 fully saturated rings. The van der Waals surface area contributed by atoms with Crippen LogP contribution >= 0.6 is 23.2 Å². The van der Waals surface area contributed by atoms with Gasteiger partial charge in [-0.15, -0.1) is 0 Å². The second kappa shape index (κ2) is 3.74. The lowest BCUT2D eigenvalue weighted by atomic mass is 10.3. The van der Waals surface area contributed by atoms with Gasteiger partial charge in [0, 0.05) is 6.07 Å². The Bertz CT molecular complexity index is 414. The predicted molar refractivity (Wildman–Crippen MR) is 50.8 cm³/mol. The zero-order chi connectivity index (χ0) is 10.1. The van der Waals surface area contributed by atoms with E-state index in [4.69, 9.17) is 23.2 Å². The Kier molecular flexibility index (Phi) is 3.05. The van der Waals surface area contributed by atoms with Crippen molar-refractivity contribution in [2.24, 2.45) is 0 Å². The standard InChI is InChI=1S/C7H5Cl2O3S/c1-13(10,11)12-7-3-2-5(8)4-6(7)9/h2-3H,1H3. The first kappa shape index (κ1) is 10.6. The van der Waals surface area contributed by atoms with Gasteiger partial charge in [0.05, 0.1) is 16.3 Å². The van der Waals surface area contributed by atoms with E-state index in [1.54, 1.807) is 0 Å². The summed E-state index contributed by atoms with van der Waals surface area (Å²) in [6.07, 6.45) is 0.929. The minimum Gasteiger partial charge on any atom is -0.381 e. The highest BCUT2D eigenvalue weighted by atomic mass is 35.5. The molecule has 0 N–H and O–H groups in total. The third-order valence-electron chi connectivity index (χ3n) is 1.07. The van der Waals surface area contributed by atoms with Crippen LogP contribution in [-0.4, -0.2) is 14.7 Å². The lowest BCUT2D eigenvalue weighted by Crippen LogP contribution is -2.05. The smallest absolute Gasteiger partial charge is 0.306 e. The van der Waals surface area contributed by atoms with Crippen molar-refractivity contribution in [1.82, 2.24) is 0 Å². The van der Waals surface area contributed by atoms with E-state index in [9.17, 15) is 8.42 Å². The first-order valence-corrected chi connectivity index (χ1v) is 5.72. The first-order valence-electron chi connectivity index (χ1n) is 3.15. The molecule has 13 heavy (non-hydrogen) atoms. The maximum atomic E-state index is 10.7. The van der Waals surface area contributed by atoms with Gasteiger partial charge in [-0.1, -0.05) is 23.2 Å². The Morgan fingerprint density at radius 1 is 1.38 bits per heavy atom. The molecule has 6 heteroatoms. The average molecular weight is 240 g/mol. The predicted octanol–water partition coefficient (Wildman–Crippen LogP) is 2.13. The van der Waals surface area contributed by atoms with Crippen molar-refractivity contribution < 1.29 is 12.6 Å². The number of benzene rings is 1.